The zero-order chi connectivity index (χ0) is 30.9. The SMILES string of the molecule is Cc1[c]cccc1.Cl.[Ni].c1ccc(P(c2ccccc2)c2ccccc2)cc1.c1ccc([PH+](c2ccccc2)c2ccccc2)cc1. The average molecular weight is 712 g/mol. The van der Waals surface area contributed by atoms with Crippen LogP contribution >= 0.6 is 28.3 Å². The molecule has 0 saturated heterocycles. The van der Waals surface area contributed by atoms with Crippen molar-refractivity contribution in [2.24, 2.45) is 0 Å². The van der Waals surface area contributed by atoms with Crippen molar-refractivity contribution in [1.29, 1.82) is 0 Å². The molecule has 0 atom stereocenters. The van der Waals surface area contributed by atoms with Crippen LogP contribution in [0.25, 0.3) is 0 Å². The van der Waals surface area contributed by atoms with Crippen LogP contribution in [0.15, 0.2) is 206 Å². The Morgan fingerprint density at radius 1 is 0.383 bits per heavy atom. The van der Waals surface area contributed by atoms with Crippen LogP contribution in [0, 0.1) is 13.0 Å². The maximum atomic E-state index is 3.03. The summed E-state index contributed by atoms with van der Waals surface area (Å²) in [6.07, 6.45) is 0. The minimum atomic E-state index is -0.877. The molecule has 0 nitrogen and oxygen atoms in total. The third kappa shape index (κ3) is 11.7. The van der Waals surface area contributed by atoms with E-state index in [0.717, 1.165) is 0 Å². The van der Waals surface area contributed by atoms with Gasteiger partial charge in [-0.2, -0.15) is 0 Å². The maximum Gasteiger partial charge on any atom is 0.102 e. The third-order valence-corrected chi connectivity index (χ3v) is 12.3. The standard InChI is InChI=1S/2C18H15P.C7H7.ClH.Ni/c2*1-4-10-16(11-5-1)19(17-12-6-2-7-13-17)18-14-8-3-9-15-18;1-7-5-3-2-4-6-7;;/h2*1-15H;2-5H,1H3;1H;/p+1. The number of rotatable bonds is 6. The van der Waals surface area contributed by atoms with Gasteiger partial charge in [0, 0.05) is 16.5 Å². The van der Waals surface area contributed by atoms with E-state index in [4.69, 9.17) is 0 Å². The number of aryl methyl sites for hydroxylation is 1. The van der Waals surface area contributed by atoms with Crippen LogP contribution in [0.5, 0.6) is 0 Å². The molecule has 47 heavy (non-hydrogen) atoms. The smallest absolute Gasteiger partial charge is 0.102 e. The number of hydrogen-bond acceptors (Lipinski definition) is 0. The van der Waals surface area contributed by atoms with Gasteiger partial charge < -0.3 is 0 Å². The Hall–Kier alpha value is -3.82. The minimum absolute atomic E-state index is 0. The van der Waals surface area contributed by atoms with Crippen molar-refractivity contribution < 1.29 is 16.5 Å². The predicted octanol–water partition coefficient (Wildman–Crippen LogP) is 8.84. The summed E-state index contributed by atoms with van der Waals surface area (Å²) in [5.74, 6) is 0. The van der Waals surface area contributed by atoms with E-state index in [0.29, 0.717) is 0 Å². The largest absolute Gasteiger partial charge is 0.147 e. The Balaban J connectivity index is 0.000000205. The van der Waals surface area contributed by atoms with Crippen LogP contribution in [0.1, 0.15) is 5.56 Å². The molecule has 4 heteroatoms. The summed E-state index contributed by atoms with van der Waals surface area (Å²) in [6.45, 7) is 2.03. The van der Waals surface area contributed by atoms with E-state index in [9.17, 15) is 0 Å². The van der Waals surface area contributed by atoms with Gasteiger partial charge in [0.25, 0.3) is 0 Å². The van der Waals surface area contributed by atoms with Crippen molar-refractivity contribution in [2.75, 3.05) is 0 Å². The van der Waals surface area contributed by atoms with Crippen LogP contribution in [0.4, 0.5) is 0 Å². The molecule has 0 unspecified atom stereocenters. The van der Waals surface area contributed by atoms with Crippen molar-refractivity contribution in [1.82, 2.24) is 0 Å². The van der Waals surface area contributed by atoms with Crippen LogP contribution in [-0.2, 0) is 16.5 Å². The van der Waals surface area contributed by atoms with Crippen molar-refractivity contribution >= 4 is 60.1 Å². The molecular weight excluding hydrogens is 673 g/mol. The molecule has 0 fully saturated rings. The molecule has 7 aromatic carbocycles. The molecule has 0 bridgehead atoms. The molecule has 0 heterocycles. The van der Waals surface area contributed by atoms with Gasteiger partial charge in [-0.1, -0.05) is 170 Å². The average Bonchev–Trinajstić information content (AvgIpc) is 3.12. The number of hydrogen-bond donors (Lipinski definition) is 0. The molecule has 237 valence electrons. The monoisotopic (exact) mass is 710 g/mol. The van der Waals surface area contributed by atoms with E-state index >= 15 is 0 Å². The molecule has 0 aliphatic heterocycles. The molecule has 0 saturated carbocycles. The van der Waals surface area contributed by atoms with Crippen LogP contribution in [0.2, 0.25) is 0 Å². The van der Waals surface area contributed by atoms with Gasteiger partial charge in [-0.3, -0.25) is 0 Å². The fraction of sp³-hybridized carbons (Fsp3) is 0.0233. The molecule has 1 radical (unpaired) electrons. The van der Waals surface area contributed by atoms with E-state index in [2.05, 4.69) is 188 Å². The summed E-state index contributed by atoms with van der Waals surface area (Å²) in [4.78, 5) is 0. The van der Waals surface area contributed by atoms with E-state index < -0.39 is 15.8 Å². The Morgan fingerprint density at radius 2 is 0.660 bits per heavy atom. The first-order valence-electron chi connectivity index (χ1n) is 15.2. The first-order chi connectivity index (χ1) is 22.3. The van der Waals surface area contributed by atoms with Crippen molar-refractivity contribution in [3.05, 3.63) is 218 Å². The van der Waals surface area contributed by atoms with E-state index in [1.54, 1.807) is 0 Å². The molecule has 0 aliphatic carbocycles. The molecule has 7 aromatic rings. The van der Waals surface area contributed by atoms with Crippen molar-refractivity contribution in [3.63, 3.8) is 0 Å². The summed E-state index contributed by atoms with van der Waals surface area (Å²) in [6, 6.07) is 75.8. The third-order valence-electron chi connectivity index (χ3n) is 7.10. The second-order valence-electron chi connectivity index (χ2n) is 10.4. The molecule has 0 aromatic heterocycles. The van der Waals surface area contributed by atoms with Crippen LogP contribution in [0.3, 0.4) is 0 Å². The van der Waals surface area contributed by atoms with Crippen molar-refractivity contribution in [3.8, 4) is 0 Å². The Labute approximate surface area is 299 Å². The Kier molecular flexibility index (Phi) is 16.9. The van der Waals surface area contributed by atoms with E-state index in [-0.39, 0.29) is 28.9 Å². The summed E-state index contributed by atoms with van der Waals surface area (Å²) in [7, 11) is -1.32. The molecule has 0 aliphatic rings. The first-order valence-corrected chi connectivity index (χ1v) is 18.1. The van der Waals surface area contributed by atoms with Crippen molar-refractivity contribution in [2.45, 2.75) is 6.92 Å². The van der Waals surface area contributed by atoms with Gasteiger partial charge >= 0.3 is 0 Å². The second kappa shape index (κ2) is 21.1. The molecule has 0 N–H and O–H groups in total. The predicted molar refractivity (Wildman–Crippen MR) is 209 cm³/mol. The summed E-state index contributed by atoms with van der Waals surface area (Å²) >= 11 is 0. The number of halogens is 1. The van der Waals surface area contributed by atoms with Gasteiger partial charge in [-0.25, -0.2) is 0 Å². The quantitative estimate of drug-likeness (QED) is 0.120. The minimum Gasteiger partial charge on any atom is -0.147 e. The van der Waals surface area contributed by atoms with E-state index in [1.807, 2.05) is 31.2 Å². The summed E-state index contributed by atoms with van der Waals surface area (Å²) in [5.41, 5.74) is 1.20. The molecule has 0 spiro atoms. The maximum absolute atomic E-state index is 3.03. The first kappa shape index (κ1) is 37.6. The molecule has 0 amide bonds. The molecule has 7 rings (SSSR count). The number of benzene rings is 7. The van der Waals surface area contributed by atoms with Crippen LogP contribution in [-0.4, -0.2) is 0 Å². The Morgan fingerprint density at radius 3 is 0.894 bits per heavy atom. The van der Waals surface area contributed by atoms with Gasteiger partial charge in [0.2, 0.25) is 0 Å². The normalized spacial score (nSPS) is 9.85. The summed E-state index contributed by atoms with van der Waals surface area (Å²) in [5, 5.41) is 8.50. The second-order valence-corrected chi connectivity index (χ2v) is 15.1. The van der Waals surface area contributed by atoms with Gasteiger partial charge in [-0.15, -0.1) is 12.4 Å². The zero-order valence-electron chi connectivity index (χ0n) is 26.3. The fourth-order valence-electron chi connectivity index (χ4n) is 4.98. The fourth-order valence-corrected chi connectivity index (χ4v) is 9.86. The van der Waals surface area contributed by atoms with Gasteiger partial charge in [-0.05, 0) is 78.8 Å². The zero-order valence-corrected chi connectivity index (χ0v) is 30.0. The Bertz CT molecular complexity index is 1470. The van der Waals surface area contributed by atoms with Gasteiger partial charge in [0.1, 0.15) is 15.9 Å². The van der Waals surface area contributed by atoms with Crippen LogP contribution < -0.4 is 31.8 Å². The van der Waals surface area contributed by atoms with Gasteiger partial charge in [0.15, 0.2) is 0 Å². The van der Waals surface area contributed by atoms with Gasteiger partial charge in [0.05, 0.1) is 7.92 Å². The summed E-state index contributed by atoms with van der Waals surface area (Å²) < 4.78 is 0. The topological polar surface area (TPSA) is 0 Å². The molecular formula is C43H39ClNiP2+. The van der Waals surface area contributed by atoms with E-state index in [1.165, 1.54) is 37.4 Å².